The van der Waals surface area contributed by atoms with Crippen molar-refractivity contribution in [1.29, 1.82) is 0 Å². The van der Waals surface area contributed by atoms with Gasteiger partial charge in [0.1, 0.15) is 5.82 Å². The Labute approximate surface area is 200 Å². The fourth-order valence-electron chi connectivity index (χ4n) is 3.52. The summed E-state index contributed by atoms with van der Waals surface area (Å²) in [5.41, 5.74) is 1.26. The predicted molar refractivity (Wildman–Crippen MR) is 131 cm³/mol. The summed E-state index contributed by atoms with van der Waals surface area (Å²) in [5, 5.41) is 6.51. The molecule has 0 radical (unpaired) electrons. The van der Waals surface area contributed by atoms with Crippen molar-refractivity contribution >= 4 is 35.8 Å². The number of benzene rings is 1. The minimum atomic E-state index is -0.305. The molecule has 0 saturated carbocycles. The zero-order valence-electron chi connectivity index (χ0n) is 18.0. The first kappa shape index (κ1) is 25.1. The van der Waals surface area contributed by atoms with Crippen LogP contribution >= 0.6 is 24.0 Å². The Hall–Kier alpha value is -2.17. The van der Waals surface area contributed by atoms with Gasteiger partial charge in [0.15, 0.2) is 5.96 Å². The van der Waals surface area contributed by atoms with Gasteiger partial charge in [0, 0.05) is 45.0 Å². The molecule has 0 spiro atoms. The summed E-state index contributed by atoms with van der Waals surface area (Å²) in [6.07, 6.45) is 9.69. The molecule has 3 rings (SSSR count). The van der Waals surface area contributed by atoms with E-state index in [-0.39, 0.29) is 35.7 Å². The third-order valence-corrected chi connectivity index (χ3v) is 5.13. The van der Waals surface area contributed by atoms with Crippen molar-refractivity contribution in [3.05, 3.63) is 48.3 Å². The van der Waals surface area contributed by atoms with Gasteiger partial charge in [0.25, 0.3) is 0 Å². The highest BCUT2D eigenvalue weighted by molar-refractivity contribution is 14.0. The fourth-order valence-corrected chi connectivity index (χ4v) is 3.52. The number of rotatable bonds is 8. The quantitative estimate of drug-likeness (QED) is 0.232. The monoisotopic (exact) mass is 542 g/mol. The van der Waals surface area contributed by atoms with Gasteiger partial charge in [-0.1, -0.05) is 12.5 Å². The number of imidazole rings is 1. The lowest BCUT2D eigenvalue weighted by Crippen LogP contribution is -2.39. The van der Waals surface area contributed by atoms with E-state index in [2.05, 4.69) is 20.6 Å². The molecule has 0 atom stereocenters. The molecule has 2 N–H and O–H groups in total. The normalized spacial score (nSPS) is 14.7. The average molecular weight is 542 g/mol. The molecule has 1 amide bonds. The molecule has 7 nitrogen and oxygen atoms in total. The topological polar surface area (TPSA) is 74.6 Å². The Bertz CT molecular complexity index is 843. The molecule has 2 aromatic rings. The van der Waals surface area contributed by atoms with Gasteiger partial charge in [-0.3, -0.25) is 4.79 Å². The third kappa shape index (κ3) is 7.79. The lowest BCUT2D eigenvalue weighted by atomic mass is 10.2. The van der Waals surface area contributed by atoms with Crippen LogP contribution in [0.5, 0.6) is 0 Å². The molecular formula is C22H32FIN6O. The zero-order valence-corrected chi connectivity index (χ0v) is 20.3. The number of carbonyl (C=O) groups is 1. The number of amides is 1. The first-order valence-electron chi connectivity index (χ1n) is 10.7. The fraction of sp³-hybridized carbons (Fsp3) is 0.500. The lowest BCUT2D eigenvalue weighted by molar-refractivity contribution is -0.130. The highest BCUT2D eigenvalue weighted by atomic mass is 127. The summed E-state index contributed by atoms with van der Waals surface area (Å²) < 4.78 is 16.1. The van der Waals surface area contributed by atoms with Crippen LogP contribution in [-0.4, -0.2) is 52.5 Å². The largest absolute Gasteiger partial charge is 0.357 e. The summed E-state index contributed by atoms with van der Waals surface area (Å²) >= 11 is 0. The lowest BCUT2D eigenvalue weighted by Gasteiger charge is -2.20. The van der Waals surface area contributed by atoms with Crippen molar-refractivity contribution in [1.82, 2.24) is 25.1 Å². The van der Waals surface area contributed by atoms with Gasteiger partial charge in [0.2, 0.25) is 5.91 Å². The summed E-state index contributed by atoms with van der Waals surface area (Å²) in [4.78, 5) is 22.6. The van der Waals surface area contributed by atoms with E-state index in [0.717, 1.165) is 57.4 Å². The van der Waals surface area contributed by atoms with E-state index in [1.165, 1.54) is 6.07 Å². The van der Waals surface area contributed by atoms with E-state index in [1.54, 1.807) is 29.4 Å². The Morgan fingerprint density at radius 1 is 1.26 bits per heavy atom. The van der Waals surface area contributed by atoms with Crippen LogP contribution < -0.4 is 10.6 Å². The Morgan fingerprint density at radius 3 is 2.87 bits per heavy atom. The number of carbonyl (C=O) groups excluding carboxylic acids is 1. The van der Waals surface area contributed by atoms with Crippen molar-refractivity contribution in [2.45, 2.75) is 45.6 Å². The molecule has 31 heavy (non-hydrogen) atoms. The SMILES string of the molecule is CCNC(=NCc1ccc(-n2ccnc2)c(F)c1)NCCCN1CCCCCC1=O.I. The average Bonchev–Trinajstić information content (AvgIpc) is 3.19. The number of hydrogen-bond acceptors (Lipinski definition) is 3. The van der Waals surface area contributed by atoms with E-state index in [0.29, 0.717) is 24.6 Å². The number of likely N-dealkylation sites (tertiary alicyclic amines) is 1. The summed E-state index contributed by atoms with van der Waals surface area (Å²) in [6, 6.07) is 5.12. The zero-order chi connectivity index (χ0) is 21.2. The summed E-state index contributed by atoms with van der Waals surface area (Å²) in [5.74, 6) is 0.661. The molecule has 1 aliphatic rings. The van der Waals surface area contributed by atoms with Crippen LogP contribution in [0, 0.1) is 5.82 Å². The van der Waals surface area contributed by atoms with Gasteiger partial charge in [0.05, 0.1) is 18.6 Å². The van der Waals surface area contributed by atoms with E-state index in [9.17, 15) is 9.18 Å². The first-order chi connectivity index (χ1) is 14.7. The van der Waals surface area contributed by atoms with Crippen molar-refractivity contribution in [3.63, 3.8) is 0 Å². The van der Waals surface area contributed by atoms with Crippen molar-refractivity contribution in [2.75, 3.05) is 26.2 Å². The molecule has 0 bridgehead atoms. The molecular weight excluding hydrogens is 510 g/mol. The number of nitrogens with one attached hydrogen (secondary N) is 2. The van der Waals surface area contributed by atoms with E-state index < -0.39 is 0 Å². The molecule has 9 heteroatoms. The highest BCUT2D eigenvalue weighted by Gasteiger charge is 2.15. The molecule has 0 unspecified atom stereocenters. The highest BCUT2D eigenvalue weighted by Crippen LogP contribution is 2.15. The number of aliphatic imine (C=N–C) groups is 1. The predicted octanol–water partition coefficient (Wildman–Crippen LogP) is 3.48. The van der Waals surface area contributed by atoms with Crippen LogP contribution in [0.15, 0.2) is 41.9 Å². The van der Waals surface area contributed by atoms with Gasteiger partial charge in [-0.05, 0) is 43.9 Å². The molecule has 0 aliphatic carbocycles. The molecule has 1 aromatic heterocycles. The molecule has 1 aromatic carbocycles. The number of hydrogen-bond donors (Lipinski definition) is 2. The standard InChI is InChI=1S/C22H31FN6O.HI/c1-2-25-22(26-10-6-13-28-12-5-3-4-7-21(28)30)27-16-18-8-9-20(19(23)15-18)29-14-11-24-17-29;/h8-9,11,14-15,17H,2-7,10,12-13,16H2,1H3,(H2,25,26,27);1H. The van der Waals surface area contributed by atoms with E-state index in [4.69, 9.17) is 0 Å². The van der Waals surface area contributed by atoms with Gasteiger partial charge >= 0.3 is 0 Å². The smallest absolute Gasteiger partial charge is 0.222 e. The van der Waals surface area contributed by atoms with Crippen LogP contribution in [0.25, 0.3) is 5.69 Å². The minimum Gasteiger partial charge on any atom is -0.357 e. The van der Waals surface area contributed by atoms with Gasteiger partial charge in [-0.15, -0.1) is 24.0 Å². The third-order valence-electron chi connectivity index (χ3n) is 5.13. The Kier molecular flexibility index (Phi) is 10.8. The maximum absolute atomic E-state index is 14.4. The van der Waals surface area contributed by atoms with Gasteiger partial charge in [-0.25, -0.2) is 14.4 Å². The molecule has 1 fully saturated rings. The van der Waals surface area contributed by atoms with Crippen LogP contribution in [-0.2, 0) is 11.3 Å². The van der Waals surface area contributed by atoms with Crippen molar-refractivity contribution in [3.8, 4) is 5.69 Å². The second-order valence-corrected chi connectivity index (χ2v) is 7.42. The van der Waals surface area contributed by atoms with Gasteiger partial charge < -0.3 is 20.1 Å². The van der Waals surface area contributed by atoms with Crippen molar-refractivity contribution in [2.24, 2.45) is 4.99 Å². The van der Waals surface area contributed by atoms with Crippen molar-refractivity contribution < 1.29 is 9.18 Å². The summed E-state index contributed by atoms with van der Waals surface area (Å²) in [7, 11) is 0. The molecule has 1 aliphatic heterocycles. The second-order valence-electron chi connectivity index (χ2n) is 7.42. The van der Waals surface area contributed by atoms with E-state index >= 15 is 0 Å². The number of aromatic nitrogens is 2. The number of guanidine groups is 1. The molecule has 170 valence electrons. The maximum Gasteiger partial charge on any atom is 0.222 e. The minimum absolute atomic E-state index is 0. The number of halogens is 2. The first-order valence-corrected chi connectivity index (χ1v) is 10.7. The summed E-state index contributed by atoms with van der Waals surface area (Å²) in [6.45, 7) is 5.49. The Morgan fingerprint density at radius 2 is 2.13 bits per heavy atom. The molecule has 1 saturated heterocycles. The number of nitrogens with zero attached hydrogens (tertiary/aromatic N) is 4. The molecule has 2 heterocycles. The van der Waals surface area contributed by atoms with Crippen LogP contribution in [0.1, 0.15) is 44.6 Å². The second kappa shape index (κ2) is 13.3. The van der Waals surface area contributed by atoms with Crippen LogP contribution in [0.4, 0.5) is 4.39 Å². The van der Waals surface area contributed by atoms with Crippen LogP contribution in [0.3, 0.4) is 0 Å². The Balaban J connectivity index is 0.00000341. The van der Waals surface area contributed by atoms with Gasteiger partial charge in [-0.2, -0.15) is 0 Å². The van der Waals surface area contributed by atoms with Crippen LogP contribution in [0.2, 0.25) is 0 Å². The maximum atomic E-state index is 14.4. The van der Waals surface area contributed by atoms with E-state index in [1.807, 2.05) is 17.9 Å².